The van der Waals surface area contributed by atoms with Gasteiger partial charge in [-0.05, 0) is 119 Å². The summed E-state index contributed by atoms with van der Waals surface area (Å²) in [6, 6.07) is 78.2. The number of hydrogen-bond donors (Lipinski definition) is 0. The van der Waals surface area contributed by atoms with Gasteiger partial charge in [0.05, 0.1) is 11.0 Å². The first kappa shape index (κ1) is 33.9. The van der Waals surface area contributed by atoms with Crippen LogP contribution < -0.4 is 4.90 Å². The van der Waals surface area contributed by atoms with Crippen LogP contribution in [0.15, 0.2) is 212 Å². The fraction of sp³-hybridized carbons (Fsp3) is 0.0357. The van der Waals surface area contributed by atoms with E-state index in [-0.39, 0.29) is 5.41 Å². The second kappa shape index (κ2) is 13.2. The lowest BCUT2D eigenvalue weighted by Gasteiger charge is -2.30. The smallest absolute Gasteiger partial charge is 0.0541 e. The summed E-state index contributed by atoms with van der Waals surface area (Å²) in [5.41, 5.74) is 15.8. The minimum atomic E-state index is -0.247. The van der Waals surface area contributed by atoms with E-state index in [0.717, 1.165) is 17.1 Å². The molecular weight excluding hydrogens is 733 g/mol. The first-order valence-corrected chi connectivity index (χ1v) is 21.2. The molecule has 1 aliphatic carbocycles. The Hall–Kier alpha value is -7.20. The van der Waals surface area contributed by atoms with Gasteiger partial charge in [0.15, 0.2) is 0 Å². The highest BCUT2D eigenvalue weighted by Crippen LogP contribution is 2.52. The Morgan fingerprint density at radius 3 is 1.71 bits per heavy atom. The predicted octanol–water partition coefficient (Wildman–Crippen LogP) is 15.6. The highest BCUT2D eigenvalue weighted by Gasteiger charge is 2.40. The number of fused-ring (bicyclic) bond motifs is 9. The first-order chi connectivity index (χ1) is 29.1. The van der Waals surface area contributed by atoms with Crippen LogP contribution in [0.3, 0.4) is 0 Å². The summed E-state index contributed by atoms with van der Waals surface area (Å²) < 4.78 is 4.98. The minimum Gasteiger partial charge on any atom is -0.310 e. The molecule has 2 nitrogen and oxygen atoms in total. The van der Waals surface area contributed by atoms with E-state index in [1.807, 2.05) is 11.3 Å². The van der Waals surface area contributed by atoms with Crippen molar-refractivity contribution in [3.8, 4) is 27.9 Å². The molecule has 0 saturated carbocycles. The highest BCUT2D eigenvalue weighted by atomic mass is 32.1. The summed E-state index contributed by atoms with van der Waals surface area (Å²) in [5.74, 6) is 0. The van der Waals surface area contributed by atoms with Crippen LogP contribution in [0, 0.1) is 0 Å². The van der Waals surface area contributed by atoms with Crippen LogP contribution in [0.5, 0.6) is 0 Å². The van der Waals surface area contributed by atoms with Crippen LogP contribution >= 0.6 is 11.3 Å². The molecule has 0 atom stereocenters. The quantitative estimate of drug-likeness (QED) is 0.163. The Labute approximate surface area is 347 Å². The van der Waals surface area contributed by atoms with Crippen LogP contribution in [-0.4, -0.2) is 4.57 Å². The van der Waals surface area contributed by atoms with Gasteiger partial charge in [-0.3, -0.25) is 0 Å². The SMILES string of the molecule is CC1(c2ccc(N(c3ccc(-c4ccc5c(c4)c4ccccc4n5-c4ccccc4)cc3)c3ccc4c(c3)sc3ccccc34)cc2)c2ccccc2-c2ccccc21. The summed E-state index contributed by atoms with van der Waals surface area (Å²) in [6.07, 6.45) is 0. The van der Waals surface area contributed by atoms with E-state index in [2.05, 4.69) is 229 Å². The highest BCUT2D eigenvalue weighted by molar-refractivity contribution is 7.25. The molecule has 278 valence electrons. The maximum Gasteiger partial charge on any atom is 0.0541 e. The van der Waals surface area contributed by atoms with Crippen molar-refractivity contribution in [3.05, 3.63) is 229 Å². The summed E-state index contributed by atoms with van der Waals surface area (Å²) in [4.78, 5) is 2.41. The molecule has 0 spiro atoms. The molecule has 59 heavy (non-hydrogen) atoms. The van der Waals surface area contributed by atoms with Gasteiger partial charge in [-0.15, -0.1) is 11.3 Å². The Bertz CT molecular complexity index is 3340. The van der Waals surface area contributed by atoms with Crippen LogP contribution in [0.2, 0.25) is 0 Å². The average Bonchev–Trinajstić information content (AvgIpc) is 3.93. The molecule has 0 radical (unpaired) electrons. The number of nitrogens with zero attached hydrogens (tertiary/aromatic N) is 2. The van der Waals surface area contributed by atoms with E-state index in [0.29, 0.717) is 0 Å². The van der Waals surface area contributed by atoms with Gasteiger partial charge in [0.1, 0.15) is 0 Å². The van der Waals surface area contributed by atoms with E-state index in [9.17, 15) is 0 Å². The third kappa shape index (κ3) is 5.18. The molecule has 0 amide bonds. The Balaban J connectivity index is 0.966. The monoisotopic (exact) mass is 770 g/mol. The van der Waals surface area contributed by atoms with Crippen molar-refractivity contribution in [3.63, 3.8) is 0 Å². The number of hydrogen-bond acceptors (Lipinski definition) is 2. The molecule has 1 aliphatic rings. The molecule has 9 aromatic carbocycles. The lowest BCUT2D eigenvalue weighted by Crippen LogP contribution is -2.22. The zero-order valence-electron chi connectivity index (χ0n) is 32.5. The third-order valence-corrected chi connectivity index (χ3v) is 13.8. The van der Waals surface area contributed by atoms with Gasteiger partial charge in [-0.25, -0.2) is 0 Å². The largest absolute Gasteiger partial charge is 0.310 e. The van der Waals surface area contributed by atoms with Crippen molar-refractivity contribution in [2.75, 3.05) is 4.90 Å². The zero-order chi connectivity index (χ0) is 39.1. The minimum absolute atomic E-state index is 0.247. The van der Waals surface area contributed by atoms with E-state index in [1.54, 1.807) is 0 Å². The van der Waals surface area contributed by atoms with Gasteiger partial charge in [0.25, 0.3) is 0 Å². The van der Waals surface area contributed by atoms with E-state index < -0.39 is 0 Å². The molecule has 2 heterocycles. The van der Waals surface area contributed by atoms with E-state index in [1.165, 1.54) is 86.6 Å². The third-order valence-electron chi connectivity index (χ3n) is 12.7. The second-order valence-corrected chi connectivity index (χ2v) is 16.9. The Morgan fingerprint density at radius 2 is 0.966 bits per heavy atom. The molecule has 12 rings (SSSR count). The lowest BCUT2D eigenvalue weighted by molar-refractivity contribution is 0.714. The predicted molar refractivity (Wildman–Crippen MR) is 251 cm³/mol. The maximum absolute atomic E-state index is 2.41. The summed E-state index contributed by atoms with van der Waals surface area (Å²) in [5, 5.41) is 5.13. The molecule has 2 aromatic heterocycles. The van der Waals surface area contributed by atoms with Gasteiger partial charge in [-0.2, -0.15) is 0 Å². The van der Waals surface area contributed by atoms with E-state index >= 15 is 0 Å². The summed E-state index contributed by atoms with van der Waals surface area (Å²) in [7, 11) is 0. The number of para-hydroxylation sites is 2. The topological polar surface area (TPSA) is 8.17 Å². The van der Waals surface area contributed by atoms with E-state index in [4.69, 9.17) is 0 Å². The summed E-state index contributed by atoms with van der Waals surface area (Å²) >= 11 is 1.86. The zero-order valence-corrected chi connectivity index (χ0v) is 33.3. The molecule has 0 aliphatic heterocycles. The molecule has 0 bridgehead atoms. The van der Waals surface area contributed by atoms with Crippen molar-refractivity contribution in [1.29, 1.82) is 0 Å². The maximum atomic E-state index is 2.41. The van der Waals surface area contributed by atoms with Crippen LogP contribution in [-0.2, 0) is 5.41 Å². The van der Waals surface area contributed by atoms with Gasteiger partial charge >= 0.3 is 0 Å². The first-order valence-electron chi connectivity index (χ1n) is 20.3. The van der Waals surface area contributed by atoms with Gasteiger partial charge < -0.3 is 9.47 Å². The van der Waals surface area contributed by atoms with Crippen LogP contribution in [0.1, 0.15) is 23.6 Å². The van der Waals surface area contributed by atoms with Crippen molar-refractivity contribution < 1.29 is 0 Å². The van der Waals surface area contributed by atoms with Gasteiger partial charge in [0.2, 0.25) is 0 Å². The molecule has 0 fully saturated rings. The number of thiophene rings is 1. The Morgan fingerprint density at radius 1 is 0.407 bits per heavy atom. The molecular formula is C56H38N2S. The number of rotatable bonds is 6. The number of aromatic nitrogens is 1. The summed E-state index contributed by atoms with van der Waals surface area (Å²) in [6.45, 7) is 2.38. The molecule has 0 saturated heterocycles. The van der Waals surface area contributed by atoms with Crippen molar-refractivity contribution >= 4 is 70.4 Å². The fourth-order valence-corrected chi connectivity index (χ4v) is 11.0. The number of benzene rings is 9. The van der Waals surface area contributed by atoms with Gasteiger partial charge in [-0.1, -0.05) is 140 Å². The fourth-order valence-electron chi connectivity index (χ4n) is 9.82. The molecule has 3 heteroatoms. The normalized spacial score (nSPS) is 13.0. The molecule has 0 unspecified atom stereocenters. The molecule has 0 N–H and O–H groups in total. The molecule has 11 aromatic rings. The van der Waals surface area contributed by atoms with Crippen LogP contribution in [0.4, 0.5) is 17.1 Å². The second-order valence-electron chi connectivity index (χ2n) is 15.8. The number of anilines is 3. The Kier molecular flexibility index (Phi) is 7.57. The lowest BCUT2D eigenvalue weighted by atomic mass is 9.74. The van der Waals surface area contributed by atoms with Crippen molar-refractivity contribution in [2.24, 2.45) is 0 Å². The van der Waals surface area contributed by atoms with Crippen molar-refractivity contribution in [1.82, 2.24) is 4.57 Å². The van der Waals surface area contributed by atoms with Crippen LogP contribution in [0.25, 0.3) is 69.9 Å². The standard InChI is InChI=1S/C56H38N2S/c1-56(50-19-9-5-15-44(50)45-16-6-10-20-51(45)56)39-26-30-42(31-27-39)57(43-32-33-48-47-18-8-12-22-54(47)59-55(48)36-43)41-28-23-37(24-29-41)38-25-34-53-49(35-38)46-17-7-11-21-52(46)58(53)40-13-3-2-4-14-40/h2-36H,1H3. The van der Waals surface area contributed by atoms with Crippen molar-refractivity contribution in [2.45, 2.75) is 12.3 Å². The average molecular weight is 771 g/mol. The van der Waals surface area contributed by atoms with Gasteiger partial charge in [0, 0.05) is 59.1 Å².